The van der Waals surface area contributed by atoms with E-state index in [-0.39, 0.29) is 24.8 Å². The van der Waals surface area contributed by atoms with Crippen LogP contribution in [-0.2, 0) is 16.6 Å². The lowest BCUT2D eigenvalue weighted by Crippen LogP contribution is -2.37. The fourth-order valence-electron chi connectivity index (χ4n) is 2.20. The van der Waals surface area contributed by atoms with E-state index in [2.05, 4.69) is 37.0 Å². The number of carbonyl (C=O) groups excluding carboxylic acids is 2. The number of aryl methyl sites for hydroxylation is 1. The van der Waals surface area contributed by atoms with Gasteiger partial charge in [0.1, 0.15) is 6.04 Å². The zero-order chi connectivity index (χ0) is 17.5. The maximum atomic E-state index is 12.2. The monoisotopic (exact) mass is 393 g/mol. The molecule has 1 aromatic heterocycles. The number of amides is 2. The Hall–Kier alpha value is -2.19. The molecule has 0 fully saturated rings. The van der Waals surface area contributed by atoms with Gasteiger partial charge in [0.25, 0.3) is 0 Å². The van der Waals surface area contributed by atoms with E-state index in [9.17, 15) is 9.59 Å². The molecule has 0 aliphatic rings. The molecule has 3 N–H and O–H groups in total. The molecule has 0 saturated carbocycles. The molecule has 1 aromatic carbocycles. The first-order valence-electron chi connectivity index (χ1n) is 7.48. The summed E-state index contributed by atoms with van der Waals surface area (Å²) in [5.74, 6) is -0.345. The number of hydrogen-bond donors (Lipinski definition) is 3. The van der Waals surface area contributed by atoms with Crippen LogP contribution >= 0.6 is 15.9 Å². The molecule has 24 heavy (non-hydrogen) atoms. The number of nitrogens with one attached hydrogen (secondary N) is 3. The van der Waals surface area contributed by atoms with Crippen molar-refractivity contribution < 1.29 is 9.59 Å². The van der Waals surface area contributed by atoms with E-state index in [4.69, 9.17) is 0 Å². The second kappa shape index (κ2) is 8.60. The van der Waals surface area contributed by atoms with Crippen LogP contribution in [0.15, 0.2) is 41.1 Å². The van der Waals surface area contributed by atoms with Gasteiger partial charge in [-0.2, -0.15) is 5.10 Å². The van der Waals surface area contributed by atoms with Gasteiger partial charge in [-0.15, -0.1) is 0 Å². The Morgan fingerprint density at radius 2 is 2.00 bits per heavy atom. The minimum Gasteiger partial charge on any atom is -0.354 e. The van der Waals surface area contributed by atoms with Crippen molar-refractivity contribution in [2.45, 2.75) is 12.5 Å². The number of benzene rings is 1. The van der Waals surface area contributed by atoms with Gasteiger partial charge in [-0.05, 0) is 31.3 Å². The molecule has 128 valence electrons. The minimum atomic E-state index is -0.492. The summed E-state index contributed by atoms with van der Waals surface area (Å²) in [4.78, 5) is 24.1. The van der Waals surface area contributed by atoms with E-state index in [1.54, 1.807) is 43.3 Å². The van der Waals surface area contributed by atoms with E-state index < -0.39 is 6.04 Å². The molecule has 0 spiro atoms. The Morgan fingerprint density at radius 3 is 2.58 bits per heavy atom. The molecule has 1 unspecified atom stereocenters. The highest BCUT2D eigenvalue weighted by Crippen LogP contribution is 2.14. The number of carbonyl (C=O) groups is 2. The third-order valence-corrected chi connectivity index (χ3v) is 3.92. The second-order valence-corrected chi connectivity index (χ2v) is 6.18. The van der Waals surface area contributed by atoms with Crippen molar-refractivity contribution in [1.82, 2.24) is 20.4 Å². The van der Waals surface area contributed by atoms with E-state index in [0.29, 0.717) is 0 Å². The Kier molecular flexibility index (Phi) is 6.51. The first kappa shape index (κ1) is 18.2. The molecule has 7 nitrogen and oxygen atoms in total. The standard InChI is InChI=1S/C16H20BrN5O2/c1-18-15(11-9-20-22(2)10-11)16(24)19-8-7-14(23)21-13-5-3-12(17)4-6-13/h3-6,9-10,15,18H,7-8H2,1-2H3,(H,19,24)(H,21,23). The molecule has 1 heterocycles. The molecule has 0 saturated heterocycles. The largest absolute Gasteiger partial charge is 0.354 e. The van der Waals surface area contributed by atoms with Crippen LogP contribution in [0, 0.1) is 0 Å². The summed E-state index contributed by atoms with van der Waals surface area (Å²) >= 11 is 3.34. The first-order valence-corrected chi connectivity index (χ1v) is 8.28. The summed E-state index contributed by atoms with van der Waals surface area (Å²) in [7, 11) is 3.50. The van der Waals surface area contributed by atoms with Crippen molar-refractivity contribution in [1.29, 1.82) is 0 Å². The Labute approximate surface area is 148 Å². The van der Waals surface area contributed by atoms with Gasteiger partial charge in [0.2, 0.25) is 11.8 Å². The summed E-state index contributed by atoms with van der Waals surface area (Å²) in [6, 6.07) is 6.82. The number of likely N-dealkylation sites (N-methyl/N-ethyl adjacent to an activating group) is 1. The van der Waals surface area contributed by atoms with Crippen molar-refractivity contribution in [2.24, 2.45) is 7.05 Å². The van der Waals surface area contributed by atoms with Crippen molar-refractivity contribution in [3.8, 4) is 0 Å². The molecule has 0 aliphatic heterocycles. The number of nitrogens with zero attached hydrogens (tertiary/aromatic N) is 2. The van der Waals surface area contributed by atoms with Gasteiger partial charge >= 0.3 is 0 Å². The average Bonchev–Trinajstić information content (AvgIpc) is 2.96. The predicted octanol–water partition coefficient (Wildman–Crippen LogP) is 1.59. The molecule has 0 bridgehead atoms. The zero-order valence-electron chi connectivity index (χ0n) is 13.5. The van der Waals surface area contributed by atoms with Gasteiger partial charge in [0.05, 0.1) is 6.20 Å². The van der Waals surface area contributed by atoms with Crippen LogP contribution in [0.1, 0.15) is 18.0 Å². The second-order valence-electron chi connectivity index (χ2n) is 5.27. The highest BCUT2D eigenvalue weighted by molar-refractivity contribution is 9.10. The van der Waals surface area contributed by atoms with Crippen LogP contribution < -0.4 is 16.0 Å². The lowest BCUT2D eigenvalue weighted by Gasteiger charge is -2.14. The van der Waals surface area contributed by atoms with Crippen LogP contribution in [0.3, 0.4) is 0 Å². The number of anilines is 1. The fourth-order valence-corrected chi connectivity index (χ4v) is 2.46. The molecule has 1 atom stereocenters. The van der Waals surface area contributed by atoms with Crippen LogP contribution in [0.4, 0.5) is 5.69 Å². The molecular weight excluding hydrogens is 374 g/mol. The minimum absolute atomic E-state index is 0.153. The SMILES string of the molecule is CNC(C(=O)NCCC(=O)Nc1ccc(Br)cc1)c1cnn(C)c1. The average molecular weight is 394 g/mol. The molecular formula is C16H20BrN5O2. The fraction of sp³-hybridized carbons (Fsp3) is 0.312. The Morgan fingerprint density at radius 1 is 1.29 bits per heavy atom. The van der Waals surface area contributed by atoms with Crippen LogP contribution in [0.2, 0.25) is 0 Å². The number of halogens is 1. The normalized spacial score (nSPS) is 11.8. The lowest BCUT2D eigenvalue weighted by atomic mass is 10.1. The van der Waals surface area contributed by atoms with E-state index in [1.165, 1.54) is 0 Å². The molecule has 8 heteroatoms. The summed E-state index contributed by atoms with van der Waals surface area (Å²) in [6.07, 6.45) is 3.62. The summed E-state index contributed by atoms with van der Waals surface area (Å²) in [5, 5.41) is 12.5. The quantitative estimate of drug-likeness (QED) is 0.666. The van der Waals surface area contributed by atoms with Crippen LogP contribution in [0.5, 0.6) is 0 Å². The smallest absolute Gasteiger partial charge is 0.241 e. The molecule has 0 radical (unpaired) electrons. The maximum Gasteiger partial charge on any atom is 0.241 e. The van der Waals surface area contributed by atoms with Crippen molar-refractivity contribution >= 4 is 33.4 Å². The first-order chi connectivity index (χ1) is 11.5. The highest BCUT2D eigenvalue weighted by Gasteiger charge is 2.19. The van der Waals surface area contributed by atoms with Crippen LogP contribution in [0.25, 0.3) is 0 Å². The molecule has 0 aliphatic carbocycles. The van der Waals surface area contributed by atoms with Crippen LogP contribution in [-0.4, -0.2) is 35.2 Å². The van der Waals surface area contributed by atoms with Gasteiger partial charge in [0.15, 0.2) is 0 Å². The van der Waals surface area contributed by atoms with E-state index in [1.807, 2.05) is 12.1 Å². The Balaban J connectivity index is 1.78. The lowest BCUT2D eigenvalue weighted by molar-refractivity contribution is -0.123. The van der Waals surface area contributed by atoms with Crippen molar-refractivity contribution in [3.05, 3.63) is 46.7 Å². The number of aromatic nitrogens is 2. The maximum absolute atomic E-state index is 12.2. The van der Waals surface area contributed by atoms with Gasteiger partial charge in [0, 0.05) is 41.9 Å². The summed E-state index contributed by atoms with van der Waals surface area (Å²) < 4.78 is 2.58. The van der Waals surface area contributed by atoms with Crippen molar-refractivity contribution in [3.63, 3.8) is 0 Å². The summed E-state index contributed by atoms with van der Waals surface area (Å²) in [5.41, 5.74) is 1.50. The third-order valence-electron chi connectivity index (χ3n) is 3.39. The van der Waals surface area contributed by atoms with E-state index >= 15 is 0 Å². The Bertz CT molecular complexity index is 699. The predicted molar refractivity (Wildman–Crippen MR) is 95.4 cm³/mol. The highest BCUT2D eigenvalue weighted by atomic mass is 79.9. The summed E-state index contributed by atoms with van der Waals surface area (Å²) in [6.45, 7) is 0.264. The number of rotatable bonds is 7. The third kappa shape index (κ3) is 5.17. The molecule has 2 aromatic rings. The topological polar surface area (TPSA) is 88.1 Å². The van der Waals surface area contributed by atoms with Crippen molar-refractivity contribution in [2.75, 3.05) is 18.9 Å². The van der Waals surface area contributed by atoms with Gasteiger partial charge < -0.3 is 16.0 Å². The number of hydrogen-bond acceptors (Lipinski definition) is 4. The van der Waals surface area contributed by atoms with Gasteiger partial charge in [-0.1, -0.05) is 15.9 Å². The van der Waals surface area contributed by atoms with Gasteiger partial charge in [-0.3, -0.25) is 14.3 Å². The molecule has 2 amide bonds. The molecule has 2 rings (SSSR count). The zero-order valence-corrected chi connectivity index (χ0v) is 15.1. The van der Waals surface area contributed by atoms with Gasteiger partial charge in [-0.25, -0.2) is 0 Å². The van der Waals surface area contributed by atoms with E-state index in [0.717, 1.165) is 15.7 Å².